The number of fused-ring (bicyclic) bond motifs is 1. The molecule has 0 saturated heterocycles. The van der Waals surface area contributed by atoms with Crippen LogP contribution in [-0.4, -0.2) is 24.7 Å². The number of rotatable bonds is 7. The zero-order valence-corrected chi connectivity index (χ0v) is 19.6. The molecule has 5 aromatic rings. The number of aromatic nitrogens is 5. The van der Waals surface area contributed by atoms with Crippen LogP contribution in [0.4, 0.5) is 0 Å². The van der Waals surface area contributed by atoms with Crippen LogP contribution in [0.15, 0.2) is 75.8 Å². The van der Waals surface area contributed by atoms with Gasteiger partial charge in [-0.2, -0.15) is 0 Å². The lowest BCUT2D eigenvalue weighted by atomic mass is 10.2. The fraction of sp³-hybridized carbons (Fsp3) is 0.130. The Morgan fingerprint density at radius 2 is 2.03 bits per heavy atom. The van der Waals surface area contributed by atoms with Crippen molar-refractivity contribution in [2.75, 3.05) is 0 Å². The van der Waals surface area contributed by atoms with E-state index in [0.717, 1.165) is 31.8 Å². The third-order valence-corrected chi connectivity index (χ3v) is 7.84. The van der Waals surface area contributed by atoms with Crippen molar-refractivity contribution >= 4 is 44.7 Å². The molecular formula is C23H19N5OS3. The summed E-state index contributed by atoms with van der Waals surface area (Å²) in [5.74, 6) is 1.41. The van der Waals surface area contributed by atoms with Gasteiger partial charge in [0.15, 0.2) is 11.0 Å². The first-order valence-corrected chi connectivity index (χ1v) is 12.6. The number of nitrogens with zero attached hydrogens (tertiary/aromatic N) is 4. The zero-order chi connectivity index (χ0) is 22.1. The average Bonchev–Trinajstić information content (AvgIpc) is 3.55. The summed E-state index contributed by atoms with van der Waals surface area (Å²) in [6.45, 7) is 6.47. The Bertz CT molecular complexity index is 1430. The summed E-state index contributed by atoms with van der Waals surface area (Å²) in [5.41, 5.74) is 1.83. The number of hydrogen-bond donors (Lipinski definition) is 1. The summed E-state index contributed by atoms with van der Waals surface area (Å²) in [6.07, 6.45) is 1.83. The van der Waals surface area contributed by atoms with E-state index in [2.05, 4.69) is 21.8 Å². The fourth-order valence-corrected chi connectivity index (χ4v) is 6.14. The van der Waals surface area contributed by atoms with Gasteiger partial charge in [-0.3, -0.25) is 9.36 Å². The smallest absolute Gasteiger partial charge is 0.260 e. The highest BCUT2D eigenvalue weighted by Gasteiger charge is 2.20. The molecule has 5 rings (SSSR count). The summed E-state index contributed by atoms with van der Waals surface area (Å²) in [5, 5.41) is 14.1. The van der Waals surface area contributed by atoms with Crippen molar-refractivity contribution in [3.8, 4) is 21.8 Å². The van der Waals surface area contributed by atoms with Gasteiger partial charge in [-0.15, -0.1) is 39.4 Å². The maximum Gasteiger partial charge on any atom is 0.260 e. The molecule has 160 valence electrons. The van der Waals surface area contributed by atoms with Crippen molar-refractivity contribution in [1.29, 1.82) is 0 Å². The first-order chi connectivity index (χ1) is 15.7. The van der Waals surface area contributed by atoms with Crippen LogP contribution in [0.25, 0.3) is 32.0 Å². The fourth-order valence-electron chi connectivity index (χ4n) is 3.46. The van der Waals surface area contributed by atoms with Crippen molar-refractivity contribution in [2.45, 2.75) is 23.9 Å². The number of thiophene rings is 2. The second-order valence-corrected chi connectivity index (χ2v) is 10.2. The Morgan fingerprint density at radius 1 is 1.19 bits per heavy atom. The molecule has 0 saturated carbocycles. The molecule has 0 aliphatic heterocycles. The number of hydrogen-bond acceptors (Lipinski definition) is 7. The van der Waals surface area contributed by atoms with E-state index >= 15 is 0 Å². The Morgan fingerprint density at radius 3 is 2.78 bits per heavy atom. The van der Waals surface area contributed by atoms with E-state index in [0.29, 0.717) is 17.8 Å². The number of benzene rings is 1. The van der Waals surface area contributed by atoms with Crippen molar-refractivity contribution in [3.05, 3.63) is 82.1 Å². The minimum absolute atomic E-state index is 0.111. The third kappa shape index (κ3) is 3.83. The van der Waals surface area contributed by atoms with Gasteiger partial charge in [0.2, 0.25) is 0 Å². The Labute approximate surface area is 196 Å². The highest BCUT2D eigenvalue weighted by molar-refractivity contribution is 7.99. The van der Waals surface area contributed by atoms with Crippen molar-refractivity contribution < 1.29 is 0 Å². The molecule has 1 atom stereocenters. The van der Waals surface area contributed by atoms with Crippen molar-refractivity contribution in [2.24, 2.45) is 0 Å². The molecule has 1 unspecified atom stereocenters. The second kappa shape index (κ2) is 8.85. The molecule has 0 aliphatic carbocycles. The van der Waals surface area contributed by atoms with Crippen LogP contribution in [0.3, 0.4) is 0 Å². The van der Waals surface area contributed by atoms with Gasteiger partial charge in [0.1, 0.15) is 10.7 Å². The van der Waals surface area contributed by atoms with E-state index in [9.17, 15) is 4.79 Å². The predicted octanol–water partition coefficient (Wildman–Crippen LogP) is 6.01. The molecule has 4 aromatic heterocycles. The first kappa shape index (κ1) is 20.9. The van der Waals surface area contributed by atoms with Crippen LogP contribution in [0.1, 0.15) is 18.0 Å². The number of allylic oxidation sites excluding steroid dienone is 1. The van der Waals surface area contributed by atoms with Crippen LogP contribution in [0.5, 0.6) is 0 Å². The summed E-state index contributed by atoms with van der Waals surface area (Å²) in [4.78, 5) is 22.5. The minimum Gasteiger partial charge on any atom is -0.309 e. The van der Waals surface area contributed by atoms with E-state index in [4.69, 9.17) is 4.98 Å². The van der Waals surface area contributed by atoms with E-state index in [1.54, 1.807) is 11.3 Å². The van der Waals surface area contributed by atoms with Gasteiger partial charge in [0.25, 0.3) is 5.56 Å². The first-order valence-electron chi connectivity index (χ1n) is 9.97. The lowest BCUT2D eigenvalue weighted by molar-refractivity contribution is 0.727. The number of nitrogens with one attached hydrogen (secondary N) is 1. The van der Waals surface area contributed by atoms with E-state index in [1.807, 2.05) is 70.8 Å². The molecule has 6 nitrogen and oxygen atoms in total. The number of thioether (sulfide) groups is 1. The lowest BCUT2D eigenvalue weighted by Gasteiger charge is -2.12. The summed E-state index contributed by atoms with van der Waals surface area (Å²) in [6, 6.07) is 14.0. The molecule has 0 amide bonds. The van der Waals surface area contributed by atoms with E-state index in [-0.39, 0.29) is 10.8 Å². The van der Waals surface area contributed by atoms with Gasteiger partial charge in [-0.25, -0.2) is 4.98 Å². The highest BCUT2D eigenvalue weighted by atomic mass is 32.2. The van der Waals surface area contributed by atoms with Crippen LogP contribution < -0.4 is 5.56 Å². The summed E-state index contributed by atoms with van der Waals surface area (Å²) >= 11 is 4.63. The van der Waals surface area contributed by atoms with Crippen LogP contribution in [0, 0.1) is 0 Å². The maximum atomic E-state index is 13.0. The maximum absolute atomic E-state index is 13.0. The van der Waals surface area contributed by atoms with Gasteiger partial charge in [-0.05, 0) is 18.4 Å². The van der Waals surface area contributed by atoms with E-state index < -0.39 is 0 Å². The predicted molar refractivity (Wildman–Crippen MR) is 133 cm³/mol. The van der Waals surface area contributed by atoms with Crippen LogP contribution in [-0.2, 0) is 6.54 Å². The Kier molecular flexibility index (Phi) is 5.77. The second-order valence-electron chi connectivity index (χ2n) is 7.09. The zero-order valence-electron chi connectivity index (χ0n) is 17.2. The molecule has 1 N–H and O–H groups in total. The Balaban J connectivity index is 1.48. The average molecular weight is 478 g/mol. The molecule has 0 radical (unpaired) electrons. The molecule has 0 bridgehead atoms. The molecular weight excluding hydrogens is 458 g/mol. The summed E-state index contributed by atoms with van der Waals surface area (Å²) in [7, 11) is 0. The SMILES string of the molecule is C=CCn1c(SC(C)c2nc3scc(-c4cccs4)c3c(=O)[nH]2)nnc1-c1ccccc1. The molecule has 0 spiro atoms. The summed E-state index contributed by atoms with van der Waals surface area (Å²) < 4.78 is 2.03. The van der Waals surface area contributed by atoms with E-state index in [1.165, 1.54) is 23.1 Å². The molecule has 9 heteroatoms. The minimum atomic E-state index is -0.115. The van der Waals surface area contributed by atoms with Gasteiger partial charge in [0, 0.05) is 27.9 Å². The molecule has 1 aromatic carbocycles. The molecule has 4 heterocycles. The molecule has 32 heavy (non-hydrogen) atoms. The van der Waals surface area contributed by atoms with Crippen molar-refractivity contribution in [3.63, 3.8) is 0 Å². The van der Waals surface area contributed by atoms with Crippen LogP contribution in [0.2, 0.25) is 0 Å². The van der Waals surface area contributed by atoms with Gasteiger partial charge >= 0.3 is 0 Å². The lowest BCUT2D eigenvalue weighted by Crippen LogP contribution is -2.12. The van der Waals surface area contributed by atoms with Gasteiger partial charge < -0.3 is 4.98 Å². The number of H-pyrrole nitrogens is 1. The van der Waals surface area contributed by atoms with Crippen LogP contribution >= 0.6 is 34.4 Å². The standard InChI is InChI=1S/C23H19N5OS3/c1-3-11-28-20(15-8-5-4-6-9-15)26-27-23(28)32-14(2)19-24-21(29)18-16(13-31-22(18)25-19)17-10-7-12-30-17/h3-10,12-14H,1,11H2,2H3,(H,24,25,29). The third-order valence-electron chi connectivity index (χ3n) is 4.98. The normalized spacial score (nSPS) is 12.3. The Hall–Kier alpha value is -3.01. The molecule has 0 fully saturated rings. The topological polar surface area (TPSA) is 76.5 Å². The number of aromatic amines is 1. The quantitative estimate of drug-likeness (QED) is 0.229. The monoisotopic (exact) mass is 477 g/mol. The van der Waals surface area contributed by atoms with Gasteiger partial charge in [0.05, 0.1) is 10.6 Å². The van der Waals surface area contributed by atoms with Crippen molar-refractivity contribution in [1.82, 2.24) is 24.7 Å². The largest absolute Gasteiger partial charge is 0.309 e. The highest BCUT2D eigenvalue weighted by Crippen LogP contribution is 2.37. The molecule has 0 aliphatic rings. The van der Waals surface area contributed by atoms with Gasteiger partial charge in [-0.1, -0.05) is 54.2 Å².